The topological polar surface area (TPSA) is 3.24 Å². The normalized spacial score (nSPS) is 44.9. The molecule has 2 bridgehead atoms. The molecule has 2 fully saturated rings. The summed E-state index contributed by atoms with van der Waals surface area (Å²) in [6, 6.07) is 0. The molecule has 2 aliphatic carbocycles. The van der Waals surface area contributed by atoms with Gasteiger partial charge in [-0.25, -0.2) is 0 Å². The lowest BCUT2D eigenvalue weighted by Gasteiger charge is -2.17. The Kier molecular flexibility index (Phi) is 2.16. The molecule has 3 aliphatic rings. The Morgan fingerprint density at radius 1 is 1.14 bits per heavy atom. The summed E-state index contributed by atoms with van der Waals surface area (Å²) in [7, 11) is 0. The van der Waals surface area contributed by atoms with E-state index in [0.29, 0.717) is 0 Å². The summed E-state index contributed by atoms with van der Waals surface area (Å²) in [5.41, 5.74) is 0. The zero-order chi connectivity index (χ0) is 9.54. The minimum Gasteiger partial charge on any atom is -0.303 e. The van der Waals surface area contributed by atoms with Crippen LogP contribution >= 0.6 is 0 Å². The fraction of sp³-hybridized carbons (Fsp3) is 0.846. The molecular weight excluding hydrogens is 170 g/mol. The lowest BCUT2D eigenvalue weighted by atomic mass is 9.86. The van der Waals surface area contributed by atoms with E-state index in [9.17, 15) is 0 Å². The summed E-state index contributed by atoms with van der Waals surface area (Å²) in [6.45, 7) is 6.44. The molecule has 0 aromatic carbocycles. The van der Waals surface area contributed by atoms with E-state index < -0.39 is 0 Å². The first-order valence-corrected chi connectivity index (χ1v) is 6.29. The van der Waals surface area contributed by atoms with Gasteiger partial charge in [-0.05, 0) is 43.1 Å². The number of fused-ring (bicyclic) bond motifs is 5. The van der Waals surface area contributed by atoms with Crippen molar-refractivity contribution in [1.29, 1.82) is 0 Å². The van der Waals surface area contributed by atoms with E-state index in [-0.39, 0.29) is 0 Å². The lowest BCUT2D eigenvalue weighted by Crippen LogP contribution is -2.24. The quantitative estimate of drug-likeness (QED) is 0.620. The van der Waals surface area contributed by atoms with Crippen LogP contribution in [0.5, 0.6) is 0 Å². The minimum absolute atomic E-state index is 0.955. The maximum Gasteiger partial charge on any atom is 0.00188 e. The van der Waals surface area contributed by atoms with E-state index in [4.69, 9.17) is 0 Å². The summed E-state index contributed by atoms with van der Waals surface area (Å²) in [5, 5.41) is 0. The van der Waals surface area contributed by atoms with Crippen molar-refractivity contribution in [3.8, 4) is 0 Å². The molecule has 0 radical (unpaired) electrons. The number of unbranched alkanes of at least 4 members (excludes halogenated alkanes) is 1. The van der Waals surface area contributed by atoms with Crippen molar-refractivity contribution < 1.29 is 0 Å². The summed E-state index contributed by atoms with van der Waals surface area (Å²) in [6.07, 6.45) is 9.21. The summed E-state index contributed by atoms with van der Waals surface area (Å²) < 4.78 is 0. The first-order valence-electron chi connectivity index (χ1n) is 6.29. The average molecular weight is 191 g/mol. The number of rotatable bonds is 3. The van der Waals surface area contributed by atoms with Crippen LogP contribution in [-0.4, -0.2) is 24.5 Å². The van der Waals surface area contributed by atoms with Gasteiger partial charge in [0.1, 0.15) is 0 Å². The van der Waals surface area contributed by atoms with Crippen molar-refractivity contribution in [2.24, 2.45) is 23.7 Å². The molecule has 1 saturated heterocycles. The van der Waals surface area contributed by atoms with E-state index in [1.807, 2.05) is 0 Å². The second kappa shape index (κ2) is 3.37. The van der Waals surface area contributed by atoms with Crippen molar-refractivity contribution in [2.75, 3.05) is 19.6 Å². The number of nitrogens with zero attached hydrogens (tertiary/aromatic N) is 1. The summed E-state index contributed by atoms with van der Waals surface area (Å²) in [5.74, 6) is 3.97. The van der Waals surface area contributed by atoms with Gasteiger partial charge in [-0.2, -0.15) is 0 Å². The molecule has 1 aliphatic heterocycles. The molecule has 0 spiro atoms. The molecule has 14 heavy (non-hydrogen) atoms. The third-order valence-electron chi connectivity index (χ3n) is 4.57. The SMILES string of the molecule is CCCCN1C[C@@H]2[C@@H](C1)[C@H]1C=C[C@H]2C1. The highest BCUT2D eigenvalue weighted by atomic mass is 15.2. The van der Waals surface area contributed by atoms with Gasteiger partial charge in [0, 0.05) is 13.1 Å². The van der Waals surface area contributed by atoms with Gasteiger partial charge in [-0.1, -0.05) is 25.5 Å². The highest BCUT2D eigenvalue weighted by Gasteiger charge is 2.48. The van der Waals surface area contributed by atoms with Crippen LogP contribution in [0.3, 0.4) is 0 Å². The molecule has 0 aromatic rings. The van der Waals surface area contributed by atoms with Gasteiger partial charge in [-0.3, -0.25) is 0 Å². The maximum atomic E-state index is 2.71. The Balaban J connectivity index is 1.62. The molecule has 3 rings (SSSR count). The zero-order valence-electron chi connectivity index (χ0n) is 9.15. The van der Waals surface area contributed by atoms with Crippen LogP contribution in [0.4, 0.5) is 0 Å². The molecule has 0 unspecified atom stereocenters. The molecule has 0 aromatic heterocycles. The Hall–Kier alpha value is -0.300. The van der Waals surface area contributed by atoms with Crippen LogP contribution in [-0.2, 0) is 0 Å². The van der Waals surface area contributed by atoms with Crippen LogP contribution in [0.25, 0.3) is 0 Å². The van der Waals surface area contributed by atoms with E-state index in [2.05, 4.69) is 24.0 Å². The standard InChI is InChI=1S/C13H21N/c1-2-3-6-14-8-12-10-4-5-11(7-10)13(12)9-14/h4-5,10-13H,2-3,6-9H2,1H3/t10-,11-,12-,13-/m0/s1. The van der Waals surface area contributed by atoms with Crippen LogP contribution in [0.1, 0.15) is 26.2 Å². The maximum absolute atomic E-state index is 2.71. The zero-order valence-corrected chi connectivity index (χ0v) is 9.15. The van der Waals surface area contributed by atoms with Gasteiger partial charge in [0.25, 0.3) is 0 Å². The molecule has 78 valence electrons. The van der Waals surface area contributed by atoms with Gasteiger partial charge in [-0.15, -0.1) is 0 Å². The van der Waals surface area contributed by atoms with Crippen molar-refractivity contribution in [3.05, 3.63) is 12.2 Å². The van der Waals surface area contributed by atoms with Crippen LogP contribution in [0, 0.1) is 23.7 Å². The Bertz CT molecular complexity index is 226. The molecule has 0 N–H and O–H groups in total. The molecule has 1 heteroatoms. The fourth-order valence-electron chi connectivity index (χ4n) is 3.80. The smallest absolute Gasteiger partial charge is 0.00188 e. The highest BCUT2D eigenvalue weighted by molar-refractivity contribution is 5.16. The Labute approximate surface area is 87.2 Å². The number of hydrogen-bond donors (Lipinski definition) is 0. The van der Waals surface area contributed by atoms with Crippen molar-refractivity contribution in [2.45, 2.75) is 26.2 Å². The number of likely N-dealkylation sites (tertiary alicyclic amines) is 1. The van der Waals surface area contributed by atoms with E-state index in [1.165, 1.54) is 38.9 Å². The molecule has 1 saturated carbocycles. The molecule has 1 heterocycles. The lowest BCUT2D eigenvalue weighted by molar-refractivity contribution is 0.294. The molecule has 1 nitrogen and oxygen atoms in total. The second-order valence-electron chi connectivity index (χ2n) is 5.39. The second-order valence-corrected chi connectivity index (χ2v) is 5.39. The van der Waals surface area contributed by atoms with Crippen LogP contribution in [0.2, 0.25) is 0 Å². The first kappa shape index (κ1) is 8.96. The average Bonchev–Trinajstić information content (AvgIpc) is 2.85. The summed E-state index contributed by atoms with van der Waals surface area (Å²) >= 11 is 0. The monoisotopic (exact) mass is 191 g/mol. The van der Waals surface area contributed by atoms with Crippen LogP contribution in [0.15, 0.2) is 12.2 Å². The van der Waals surface area contributed by atoms with Gasteiger partial charge in [0.2, 0.25) is 0 Å². The largest absolute Gasteiger partial charge is 0.303 e. The molecular formula is C13H21N. The number of allylic oxidation sites excluding steroid dienone is 2. The third-order valence-corrected chi connectivity index (χ3v) is 4.57. The highest BCUT2D eigenvalue weighted by Crippen LogP contribution is 2.51. The fourth-order valence-corrected chi connectivity index (χ4v) is 3.80. The molecule has 4 atom stereocenters. The Morgan fingerprint density at radius 3 is 2.36 bits per heavy atom. The first-order chi connectivity index (χ1) is 6.88. The van der Waals surface area contributed by atoms with Crippen molar-refractivity contribution >= 4 is 0 Å². The van der Waals surface area contributed by atoms with E-state index in [0.717, 1.165) is 23.7 Å². The van der Waals surface area contributed by atoms with Gasteiger partial charge >= 0.3 is 0 Å². The molecule has 0 amide bonds. The summed E-state index contributed by atoms with van der Waals surface area (Å²) in [4.78, 5) is 2.71. The minimum atomic E-state index is 0.955. The van der Waals surface area contributed by atoms with Gasteiger partial charge < -0.3 is 4.90 Å². The predicted octanol–water partition coefficient (Wildman–Crippen LogP) is 2.54. The number of hydrogen-bond acceptors (Lipinski definition) is 1. The van der Waals surface area contributed by atoms with Crippen molar-refractivity contribution in [3.63, 3.8) is 0 Å². The van der Waals surface area contributed by atoms with Crippen molar-refractivity contribution in [1.82, 2.24) is 4.90 Å². The Morgan fingerprint density at radius 2 is 1.79 bits per heavy atom. The third kappa shape index (κ3) is 1.25. The van der Waals surface area contributed by atoms with E-state index in [1.54, 1.807) is 0 Å². The van der Waals surface area contributed by atoms with Crippen LogP contribution < -0.4 is 0 Å². The van der Waals surface area contributed by atoms with Gasteiger partial charge in [0.05, 0.1) is 0 Å². The predicted molar refractivity (Wildman–Crippen MR) is 59.1 cm³/mol. The van der Waals surface area contributed by atoms with Gasteiger partial charge in [0.15, 0.2) is 0 Å². The van der Waals surface area contributed by atoms with E-state index >= 15 is 0 Å².